The first kappa shape index (κ1) is 48.7. The van der Waals surface area contributed by atoms with Crippen LogP contribution in [0.1, 0.15) is 113 Å². The van der Waals surface area contributed by atoms with Crippen molar-refractivity contribution in [1.82, 2.24) is 0 Å². The van der Waals surface area contributed by atoms with E-state index in [0.717, 1.165) is 6.07 Å². The molecule has 2 aliphatic rings. The Hall–Kier alpha value is -5.00. The molecule has 2 aliphatic heterocycles. The summed E-state index contributed by atoms with van der Waals surface area (Å²) in [5.74, 6) is -6.57. The third-order valence-electron chi connectivity index (χ3n) is 10.2. The van der Waals surface area contributed by atoms with E-state index >= 15 is 0 Å². The zero-order valence-corrected chi connectivity index (χ0v) is 36.5. The van der Waals surface area contributed by atoms with E-state index in [1.807, 2.05) is 0 Å². The molecule has 0 unspecified atom stereocenters. The van der Waals surface area contributed by atoms with E-state index in [0.29, 0.717) is 23.4 Å². The summed E-state index contributed by atoms with van der Waals surface area (Å²) in [6.07, 6.45) is 4.75. The molecule has 22 heteroatoms. The minimum absolute atomic E-state index is 0.0288. The minimum atomic E-state index is -4.44. The Morgan fingerprint density at radius 1 is 0.705 bits per heavy atom. The number of carbonyl (C=O) groups is 4. The molecule has 0 amide bonds. The molecule has 0 aliphatic carbocycles. The molecule has 2 aromatic carbocycles. The summed E-state index contributed by atoms with van der Waals surface area (Å²) in [6.45, 7) is 8.14. The highest BCUT2D eigenvalue weighted by atomic mass is 32.2. The van der Waals surface area contributed by atoms with Gasteiger partial charge in [-0.2, -0.15) is 29.8 Å². The molecule has 0 saturated carbocycles. The highest BCUT2D eigenvalue weighted by molar-refractivity contribution is 7.86. The maximum atomic E-state index is 13.6. The smallest absolute Gasteiger partial charge is 0.338 e. The quantitative estimate of drug-likeness (QED) is 0.0537. The van der Waals surface area contributed by atoms with Crippen LogP contribution in [0.2, 0.25) is 0 Å². The summed E-state index contributed by atoms with van der Waals surface area (Å²) in [7, 11) is -13.2. The Kier molecular flexibility index (Phi) is 14.8. The second kappa shape index (κ2) is 18.5. The highest BCUT2D eigenvalue weighted by Crippen LogP contribution is 2.50. The fourth-order valence-corrected chi connectivity index (χ4v) is 9.10. The van der Waals surface area contributed by atoms with Gasteiger partial charge in [0.15, 0.2) is 5.71 Å². The largest absolute Gasteiger partial charge is 0.478 e. The Morgan fingerprint density at radius 3 is 1.75 bits per heavy atom. The van der Waals surface area contributed by atoms with Crippen LogP contribution >= 0.6 is 0 Å². The number of hydrogen-bond acceptors (Lipinski definition) is 13. The number of carboxylic acid groups (broad SMARTS) is 2. The van der Waals surface area contributed by atoms with Crippen LogP contribution in [0.4, 0.5) is 11.4 Å². The lowest BCUT2D eigenvalue weighted by Gasteiger charge is -2.27. The van der Waals surface area contributed by atoms with Crippen molar-refractivity contribution in [2.24, 2.45) is 0 Å². The predicted molar refractivity (Wildman–Crippen MR) is 221 cm³/mol. The van der Waals surface area contributed by atoms with Gasteiger partial charge in [-0.1, -0.05) is 26.8 Å². The average molecular weight is 914 g/mol. The van der Waals surface area contributed by atoms with Crippen molar-refractivity contribution < 1.29 is 82.4 Å². The van der Waals surface area contributed by atoms with Gasteiger partial charge in [0.25, 0.3) is 30.4 Å². The fourth-order valence-electron chi connectivity index (χ4n) is 7.63. The fraction of sp³-hybridized carbons (Fsp3) is 0.462. The Morgan fingerprint density at radius 2 is 1.21 bits per heavy atom. The van der Waals surface area contributed by atoms with Crippen LogP contribution in [-0.4, -0.2) is 127 Å². The number of anilines is 1. The van der Waals surface area contributed by atoms with Gasteiger partial charge in [0.05, 0.1) is 63.7 Å². The van der Waals surface area contributed by atoms with Gasteiger partial charge in [-0.25, -0.2) is 19.2 Å². The van der Waals surface area contributed by atoms with Crippen LogP contribution < -0.4 is 4.90 Å². The number of benzene rings is 2. The zero-order valence-electron chi connectivity index (χ0n) is 34.1. The number of carbonyl (C=O) groups excluding carboxylic acids is 2. The highest BCUT2D eigenvalue weighted by Gasteiger charge is 2.48. The predicted octanol–water partition coefficient (Wildman–Crippen LogP) is 4.25. The molecule has 334 valence electrons. The molecule has 2 aromatic rings. The number of fused-ring (bicyclic) bond motifs is 2. The van der Waals surface area contributed by atoms with Crippen molar-refractivity contribution >= 4 is 71.3 Å². The van der Waals surface area contributed by atoms with Crippen LogP contribution in [0, 0.1) is 0 Å². The minimum Gasteiger partial charge on any atom is -0.478 e. The van der Waals surface area contributed by atoms with Crippen molar-refractivity contribution in [3.63, 3.8) is 0 Å². The van der Waals surface area contributed by atoms with Crippen LogP contribution in [0.15, 0.2) is 48.2 Å². The third kappa shape index (κ3) is 11.7. The molecule has 0 saturated heterocycles. The number of esters is 2. The Balaban J connectivity index is 1.93. The van der Waals surface area contributed by atoms with Gasteiger partial charge in [-0.15, -0.1) is 0 Å². The molecular weight excluding hydrogens is 865 g/mol. The molecule has 0 fully saturated rings. The average Bonchev–Trinajstić information content (AvgIpc) is 3.48. The molecular formula is C39H49N2O17S3+. The molecule has 0 bridgehead atoms. The molecule has 0 aromatic heterocycles. The number of aromatic carboxylic acids is 2. The number of ether oxygens (including phenoxy) is 2. The topological polar surface area (TPSA) is 297 Å². The number of hydrogen-bond donors (Lipinski definition) is 5. The number of nitrogens with zero attached hydrogens (tertiary/aromatic N) is 2. The van der Waals surface area contributed by atoms with E-state index in [2.05, 4.69) is 0 Å². The van der Waals surface area contributed by atoms with Gasteiger partial charge in [0.2, 0.25) is 5.69 Å². The first-order valence-electron chi connectivity index (χ1n) is 19.0. The van der Waals surface area contributed by atoms with Gasteiger partial charge in [0, 0.05) is 47.5 Å². The zero-order chi connectivity index (χ0) is 45.9. The molecule has 0 atom stereocenters. The summed E-state index contributed by atoms with van der Waals surface area (Å²) in [4.78, 5) is 53.2. The van der Waals surface area contributed by atoms with Gasteiger partial charge in [-0.3, -0.25) is 13.7 Å². The lowest BCUT2D eigenvalue weighted by Crippen LogP contribution is -2.30. The van der Waals surface area contributed by atoms with Crippen molar-refractivity contribution in [3.05, 3.63) is 81.6 Å². The van der Waals surface area contributed by atoms with E-state index in [4.69, 9.17) is 14.0 Å². The summed E-state index contributed by atoms with van der Waals surface area (Å²) >= 11 is 0. The van der Waals surface area contributed by atoms with Crippen LogP contribution in [0.25, 0.3) is 0 Å². The maximum absolute atomic E-state index is 13.6. The van der Waals surface area contributed by atoms with E-state index in [-0.39, 0.29) is 78.2 Å². The molecule has 4 rings (SSSR count). The van der Waals surface area contributed by atoms with Gasteiger partial charge >= 0.3 is 23.9 Å². The van der Waals surface area contributed by atoms with Gasteiger partial charge < -0.3 is 24.6 Å². The second-order valence-corrected chi connectivity index (χ2v) is 20.2. The normalized spacial score (nSPS) is 16.5. The van der Waals surface area contributed by atoms with E-state index in [1.165, 1.54) is 18.2 Å². The summed E-state index contributed by atoms with van der Waals surface area (Å²) in [6, 6.07) is 4.93. The molecule has 0 radical (unpaired) electrons. The van der Waals surface area contributed by atoms with Crippen molar-refractivity contribution in [2.75, 3.05) is 48.5 Å². The maximum Gasteiger partial charge on any atom is 0.338 e. The van der Waals surface area contributed by atoms with E-state index in [9.17, 15) is 63.8 Å². The van der Waals surface area contributed by atoms with Crippen LogP contribution in [0.3, 0.4) is 0 Å². The van der Waals surface area contributed by atoms with Crippen molar-refractivity contribution in [3.8, 4) is 0 Å². The first-order chi connectivity index (χ1) is 28.1. The molecule has 61 heavy (non-hydrogen) atoms. The molecule has 19 nitrogen and oxygen atoms in total. The van der Waals surface area contributed by atoms with E-state index in [1.54, 1.807) is 62.3 Å². The summed E-state index contributed by atoms with van der Waals surface area (Å²) < 4.78 is 110. The first-order valence-corrected chi connectivity index (χ1v) is 23.8. The monoisotopic (exact) mass is 913 g/mol. The van der Waals surface area contributed by atoms with Crippen LogP contribution in [0.5, 0.6) is 0 Å². The second-order valence-electron chi connectivity index (χ2n) is 15.5. The third-order valence-corrected chi connectivity index (χ3v) is 12.6. The standard InChI is InChI=1S/C39H48N2O17S3/c1-6-15-57-36(46)26-20-24(34(42)43)22-28-32(26)38(2,3)30(40(28)13-8-17-59(48,49)50)11-7-12-31-39(4,5)33-27(37(47)58-16-10-19-61(54,55)56)21-25(35(44)45)23-29(33)41(31)14-9-18-60(51,52)53/h7,11-12,20-23H,6,8-10,13-19H2,1-5H3,(H4-,42,43,44,45,48,49,50,51,52,53,54,55,56)/p+1. The Labute approximate surface area is 353 Å². The number of carboxylic acids is 2. The summed E-state index contributed by atoms with van der Waals surface area (Å²) in [5, 5.41) is 20.0. The van der Waals surface area contributed by atoms with E-state index < -0.39 is 88.9 Å². The molecule has 0 spiro atoms. The lowest BCUT2D eigenvalue weighted by atomic mass is 9.78. The lowest BCUT2D eigenvalue weighted by molar-refractivity contribution is -0.437. The number of rotatable bonds is 20. The summed E-state index contributed by atoms with van der Waals surface area (Å²) in [5.41, 5.74) is -1.07. The van der Waals surface area contributed by atoms with Crippen molar-refractivity contribution in [1.29, 1.82) is 0 Å². The van der Waals surface area contributed by atoms with Gasteiger partial charge in [-0.05, 0) is 57.4 Å². The SMILES string of the molecule is CCCOC(=O)c1cc(C(=O)O)cc2c1C(C)(C)C(/C=C/C=C1/N(CCCS(=O)(=O)O)c3cc(C(=O)O)cc(C(=O)OCCCS(=O)(=O)O)c3C1(C)C)=[N+]2CCCS(=O)(=O)O. The van der Waals surface area contributed by atoms with Crippen LogP contribution in [-0.2, 0) is 50.7 Å². The Bertz CT molecular complexity index is 2550. The molecule has 5 N–H and O–H groups in total. The number of allylic oxidation sites excluding steroid dienone is 4. The van der Waals surface area contributed by atoms with Crippen molar-refractivity contribution in [2.45, 2.75) is 71.1 Å². The van der Waals surface area contributed by atoms with Gasteiger partial charge in [0.1, 0.15) is 6.54 Å². The molecule has 2 heterocycles.